The molecular weight excluding hydrogens is 662 g/mol. The number of unbranched alkanes of at least 4 members (excludes halogenated alkanes) is 4. The van der Waals surface area contributed by atoms with Gasteiger partial charge in [-0.05, 0) is 76.8 Å². The number of carboxylic acids is 1. The molecule has 12 heteroatoms. The van der Waals surface area contributed by atoms with Crippen LogP contribution in [0.25, 0.3) is 21.7 Å². The molecule has 0 spiro atoms. The number of aromatic amines is 1. The number of amides is 3. The summed E-state index contributed by atoms with van der Waals surface area (Å²) in [5.41, 5.74) is -0.0591. The molecule has 1 unspecified atom stereocenters. The molecule has 4 N–H and O–H groups in total. The first kappa shape index (κ1) is 42.9. The Morgan fingerprint density at radius 1 is 1.02 bits per heavy atom. The predicted molar refractivity (Wildman–Crippen MR) is 205 cm³/mol. The molecule has 52 heavy (non-hydrogen) atoms. The van der Waals surface area contributed by atoms with Crippen molar-refractivity contribution in [3.8, 4) is 0 Å². The number of allylic oxidation sites excluding steroid dienone is 1. The number of carboxylic acid groups (broad SMARTS) is 1. The van der Waals surface area contributed by atoms with Crippen molar-refractivity contribution in [2.45, 2.75) is 104 Å². The van der Waals surface area contributed by atoms with Crippen molar-refractivity contribution in [1.29, 1.82) is 0 Å². The summed E-state index contributed by atoms with van der Waals surface area (Å²) in [6, 6.07) is 17.5. The number of carbonyl (C=O) groups is 4. The first-order valence-electron chi connectivity index (χ1n) is 18.0. The highest BCUT2D eigenvalue weighted by atomic mass is 16.5. The first-order valence-corrected chi connectivity index (χ1v) is 18.0. The third-order valence-corrected chi connectivity index (χ3v) is 8.65. The highest BCUT2D eigenvalue weighted by Gasteiger charge is 2.30. The van der Waals surface area contributed by atoms with Crippen LogP contribution in [0, 0.1) is 6.92 Å². The van der Waals surface area contributed by atoms with Gasteiger partial charge in [-0.25, -0.2) is 4.79 Å². The van der Waals surface area contributed by atoms with E-state index in [1.54, 1.807) is 20.0 Å². The second-order valence-electron chi connectivity index (χ2n) is 12.6. The summed E-state index contributed by atoms with van der Waals surface area (Å²) in [5, 5.41) is 20.2. The maximum absolute atomic E-state index is 12.1. The third kappa shape index (κ3) is 13.1. The largest absolute Gasteiger partial charge is 0.480 e. The Balaban J connectivity index is 0.000000290. The molecule has 0 aliphatic carbocycles. The first-order chi connectivity index (χ1) is 25.0. The van der Waals surface area contributed by atoms with Crippen LogP contribution in [0.15, 0.2) is 76.1 Å². The van der Waals surface area contributed by atoms with E-state index >= 15 is 0 Å². The molecule has 1 saturated heterocycles. The van der Waals surface area contributed by atoms with Crippen LogP contribution in [0.2, 0.25) is 0 Å². The van der Waals surface area contributed by atoms with Gasteiger partial charge < -0.3 is 30.1 Å². The van der Waals surface area contributed by atoms with Gasteiger partial charge in [0.25, 0.3) is 11.5 Å². The minimum absolute atomic E-state index is 0.0238. The summed E-state index contributed by atoms with van der Waals surface area (Å²) in [7, 11) is 1.55. The maximum Gasteiger partial charge on any atom is 0.329 e. The Labute approximate surface area is 306 Å². The number of aryl methyl sites for hydroxylation is 1. The van der Waals surface area contributed by atoms with Crippen molar-refractivity contribution in [2.24, 2.45) is 0 Å². The minimum Gasteiger partial charge on any atom is -0.480 e. The second-order valence-corrected chi connectivity index (χ2v) is 12.6. The van der Waals surface area contributed by atoms with Gasteiger partial charge in [0.1, 0.15) is 11.3 Å². The van der Waals surface area contributed by atoms with Crippen molar-refractivity contribution in [3.05, 3.63) is 88.6 Å². The van der Waals surface area contributed by atoms with Gasteiger partial charge in [0.05, 0.1) is 0 Å². The summed E-state index contributed by atoms with van der Waals surface area (Å²) in [6.45, 7) is 10.3. The molecule has 282 valence electrons. The lowest BCUT2D eigenvalue weighted by molar-refractivity contribution is -0.145. The Bertz CT molecular complexity index is 1810. The van der Waals surface area contributed by atoms with Gasteiger partial charge in [0, 0.05) is 48.4 Å². The molecular formula is C40H55N5O7. The monoisotopic (exact) mass is 717 g/mol. The van der Waals surface area contributed by atoms with Crippen LogP contribution in [0.5, 0.6) is 0 Å². The molecule has 0 bridgehead atoms. The quantitative estimate of drug-likeness (QED) is 0.0499. The Kier molecular flexibility index (Phi) is 18.6. The molecule has 0 saturated carbocycles. The number of carbonyl (C=O) groups excluding carboxylic acids is 3. The van der Waals surface area contributed by atoms with Crippen molar-refractivity contribution in [3.63, 3.8) is 0 Å². The normalized spacial score (nSPS) is 14.6. The van der Waals surface area contributed by atoms with Crippen molar-refractivity contribution >= 4 is 45.9 Å². The van der Waals surface area contributed by atoms with Gasteiger partial charge in [-0.3, -0.25) is 19.2 Å². The van der Waals surface area contributed by atoms with Crippen molar-refractivity contribution in [1.82, 2.24) is 25.7 Å². The van der Waals surface area contributed by atoms with Crippen LogP contribution in [0.1, 0.15) is 102 Å². The number of para-hydroxylation sites is 1. The van der Waals surface area contributed by atoms with E-state index in [1.807, 2.05) is 79.4 Å². The average Bonchev–Trinajstić information content (AvgIpc) is 3.80. The van der Waals surface area contributed by atoms with E-state index in [9.17, 15) is 24.0 Å². The van der Waals surface area contributed by atoms with E-state index < -0.39 is 11.5 Å². The number of fused-ring (bicyclic) bond motifs is 3. The van der Waals surface area contributed by atoms with Gasteiger partial charge in [-0.2, -0.15) is 0 Å². The fourth-order valence-corrected chi connectivity index (χ4v) is 5.65. The smallest absolute Gasteiger partial charge is 0.329 e. The molecule has 1 aliphatic heterocycles. The van der Waals surface area contributed by atoms with Crippen molar-refractivity contribution < 1.29 is 28.8 Å². The molecule has 0 radical (unpaired) electrons. The summed E-state index contributed by atoms with van der Waals surface area (Å²) in [4.78, 5) is 61.1. The number of rotatable bonds is 13. The lowest BCUT2D eigenvalue weighted by Crippen LogP contribution is -2.48. The van der Waals surface area contributed by atoms with E-state index in [0.29, 0.717) is 36.2 Å². The number of hydrogen-bond donors (Lipinski definition) is 4. The number of benzene rings is 2. The number of likely N-dealkylation sites (tertiary alicyclic amines) is 1. The van der Waals surface area contributed by atoms with E-state index in [1.165, 1.54) is 6.92 Å². The van der Waals surface area contributed by atoms with Crippen LogP contribution >= 0.6 is 0 Å². The average molecular weight is 718 g/mol. The highest BCUT2D eigenvalue weighted by molar-refractivity contribution is 6.05. The number of hydrogen-bond acceptors (Lipinski definition) is 7. The number of pyridine rings is 1. The van der Waals surface area contributed by atoms with E-state index in [-0.39, 0.29) is 17.9 Å². The van der Waals surface area contributed by atoms with Crippen LogP contribution in [0.4, 0.5) is 0 Å². The molecule has 3 heterocycles. The summed E-state index contributed by atoms with van der Waals surface area (Å²) in [5.74, 6) is -0.336. The molecule has 3 amide bonds. The van der Waals surface area contributed by atoms with E-state index in [4.69, 9.17) is 5.11 Å². The number of nitrogens with zero attached hydrogens (tertiary/aromatic N) is 2. The predicted octanol–water partition coefficient (Wildman–Crippen LogP) is 6.92. The molecule has 2 atom stereocenters. The summed E-state index contributed by atoms with van der Waals surface area (Å²) < 4.78 is 4.68. The van der Waals surface area contributed by atoms with Gasteiger partial charge >= 0.3 is 5.97 Å². The standard InChI is InChI=1S/C19H32N2O4.C13H9NO.C6H8N2O2.C2H6/c1-16-11-10-14-21(16)17(23)12-8-6-4-3-5-7-9-13-19(2,18(24)25)20-15-22;15-13-11-7-2-1-5-9(11)10-6-3-4-8-12(10)14-13;1-4-3-5(8-10-4)6(9)7-2;1-2/h7,9,15-16H,3-6,8,10-14H2,1-2H3,(H,20,22)(H,24,25);1-8H,(H,14,15);3H,1-2H3,(H,7,9);1-2H3/b9-7-;;;/t16?,19-;;;/m1.../s1. The second kappa shape index (κ2) is 22.5. The zero-order valence-corrected chi connectivity index (χ0v) is 31.4. The van der Waals surface area contributed by atoms with Gasteiger partial charge in [0.2, 0.25) is 12.3 Å². The molecule has 4 aromatic rings. The third-order valence-electron chi connectivity index (χ3n) is 8.65. The van der Waals surface area contributed by atoms with Crippen LogP contribution in [-0.4, -0.2) is 69.5 Å². The van der Waals surface area contributed by atoms with Crippen molar-refractivity contribution in [2.75, 3.05) is 13.6 Å². The topological polar surface area (TPSA) is 175 Å². The van der Waals surface area contributed by atoms with Gasteiger partial charge in [-0.15, -0.1) is 0 Å². The number of nitrogens with one attached hydrogen (secondary N) is 3. The zero-order valence-electron chi connectivity index (χ0n) is 31.4. The Hall–Kier alpha value is -5.26. The molecule has 12 nitrogen and oxygen atoms in total. The molecule has 1 fully saturated rings. The number of H-pyrrole nitrogens is 1. The maximum atomic E-state index is 12.1. The van der Waals surface area contributed by atoms with Gasteiger partial charge in [-0.1, -0.05) is 80.4 Å². The van der Waals surface area contributed by atoms with Gasteiger partial charge in [0.15, 0.2) is 5.69 Å². The molecule has 2 aromatic carbocycles. The summed E-state index contributed by atoms with van der Waals surface area (Å²) >= 11 is 0. The van der Waals surface area contributed by atoms with E-state index in [2.05, 4.69) is 32.2 Å². The van der Waals surface area contributed by atoms with Crippen LogP contribution in [-0.2, 0) is 14.4 Å². The van der Waals surface area contributed by atoms with Crippen LogP contribution in [0.3, 0.4) is 0 Å². The molecule has 5 rings (SSSR count). The minimum atomic E-state index is -1.24. The zero-order chi connectivity index (χ0) is 38.5. The molecule has 1 aliphatic rings. The SMILES string of the molecule is CC.CC1CCCN1C(=O)CCCCCC/C=C\C[C@@](C)(NC=O)C(=O)O.CNC(=O)c1cc(C)on1.O=c1[nH]c2ccccc2c2ccccc12. The Morgan fingerprint density at radius 3 is 2.27 bits per heavy atom. The Morgan fingerprint density at radius 2 is 1.67 bits per heavy atom. The fraction of sp³-hybridized carbons (Fsp3) is 0.450. The van der Waals surface area contributed by atoms with E-state index in [0.717, 1.165) is 73.2 Å². The van der Waals surface area contributed by atoms with Crippen LogP contribution < -0.4 is 16.2 Å². The highest BCUT2D eigenvalue weighted by Crippen LogP contribution is 2.20. The summed E-state index contributed by atoms with van der Waals surface area (Å²) in [6.07, 6.45) is 12.3. The number of aromatic nitrogens is 2. The number of aliphatic carboxylic acids is 1. The lowest BCUT2D eigenvalue weighted by Gasteiger charge is -2.21. The fourth-order valence-electron chi connectivity index (χ4n) is 5.65. The lowest BCUT2D eigenvalue weighted by atomic mass is 9.98. The molecule has 2 aromatic heterocycles.